The van der Waals surface area contributed by atoms with Crippen LogP contribution in [0.3, 0.4) is 0 Å². The van der Waals surface area contributed by atoms with E-state index < -0.39 is 0 Å². The molecule has 6 nitrogen and oxygen atoms in total. The summed E-state index contributed by atoms with van der Waals surface area (Å²) >= 11 is 0. The Morgan fingerprint density at radius 1 is 1.17 bits per heavy atom. The molecular formula is C23H31N3O3. The van der Waals surface area contributed by atoms with Gasteiger partial charge in [-0.05, 0) is 87.2 Å². The molecule has 0 unspecified atom stereocenters. The van der Waals surface area contributed by atoms with Gasteiger partial charge in [-0.3, -0.25) is 14.9 Å². The molecule has 1 aromatic carbocycles. The number of nitrogens with zero attached hydrogens (tertiary/aromatic N) is 2. The highest BCUT2D eigenvalue weighted by Gasteiger charge is 2.51. The second-order valence-electron chi connectivity index (χ2n) is 10.3. The smallest absolute Gasteiger partial charge is 0.293 e. The number of anilines is 1. The van der Waals surface area contributed by atoms with E-state index >= 15 is 0 Å². The second-order valence-corrected chi connectivity index (χ2v) is 10.3. The molecule has 1 N–H and O–H groups in total. The average molecular weight is 398 g/mol. The molecule has 1 atom stereocenters. The van der Waals surface area contributed by atoms with Gasteiger partial charge in [0.1, 0.15) is 5.69 Å². The highest BCUT2D eigenvalue weighted by Crippen LogP contribution is 2.55. The van der Waals surface area contributed by atoms with Gasteiger partial charge in [0.2, 0.25) is 0 Å². The van der Waals surface area contributed by atoms with Gasteiger partial charge in [0.05, 0.1) is 4.92 Å². The first-order valence-corrected chi connectivity index (χ1v) is 11.3. The summed E-state index contributed by atoms with van der Waals surface area (Å²) in [7, 11) is 0. The number of hydrogen-bond acceptors (Lipinski definition) is 4. The molecule has 1 aliphatic heterocycles. The molecular weight excluding hydrogens is 366 g/mol. The van der Waals surface area contributed by atoms with Crippen molar-refractivity contribution in [2.24, 2.45) is 23.7 Å². The molecule has 0 radical (unpaired) electrons. The standard InChI is InChI=1S/C23H31N3O3/c1-15-3-2-6-25(14-15)20-5-4-19(10-21(20)26(28)29)22(27)24-23-11-16-7-17(12-23)9-18(8-16)13-23/h4-5,10,15-18H,2-3,6-9,11-14H2,1H3,(H,24,27)/t15-,16?,17?,18?,23?/m0/s1. The number of carbonyl (C=O) groups excluding carboxylic acids is 1. The fourth-order valence-electron chi connectivity index (χ4n) is 7.06. The van der Waals surface area contributed by atoms with Crippen LogP contribution < -0.4 is 10.2 Å². The first kappa shape index (κ1) is 18.9. The minimum Gasteiger partial charge on any atom is -0.366 e. The summed E-state index contributed by atoms with van der Waals surface area (Å²) in [4.78, 5) is 26.6. The van der Waals surface area contributed by atoms with Crippen molar-refractivity contribution in [2.75, 3.05) is 18.0 Å². The van der Waals surface area contributed by atoms with Gasteiger partial charge < -0.3 is 10.2 Å². The van der Waals surface area contributed by atoms with Crippen molar-refractivity contribution in [1.29, 1.82) is 0 Å². The number of nitro benzene ring substituents is 1. The van der Waals surface area contributed by atoms with Gasteiger partial charge in [0.15, 0.2) is 0 Å². The summed E-state index contributed by atoms with van der Waals surface area (Å²) in [5.74, 6) is 2.63. The molecule has 156 valence electrons. The van der Waals surface area contributed by atoms with Gasteiger partial charge in [0.25, 0.3) is 11.6 Å². The van der Waals surface area contributed by atoms with E-state index in [9.17, 15) is 14.9 Å². The van der Waals surface area contributed by atoms with E-state index in [1.165, 1.54) is 25.3 Å². The summed E-state index contributed by atoms with van der Waals surface area (Å²) in [6, 6.07) is 5.05. The number of benzene rings is 1. The van der Waals surface area contributed by atoms with Crippen LogP contribution in [-0.2, 0) is 0 Å². The molecule has 1 amide bonds. The van der Waals surface area contributed by atoms with Crippen molar-refractivity contribution in [1.82, 2.24) is 5.32 Å². The number of nitrogens with one attached hydrogen (secondary N) is 1. The zero-order valence-electron chi connectivity index (χ0n) is 17.2. The summed E-state index contributed by atoms with van der Waals surface area (Å²) in [5.41, 5.74) is 1.04. The topological polar surface area (TPSA) is 75.5 Å². The van der Waals surface area contributed by atoms with Crippen LogP contribution >= 0.6 is 0 Å². The van der Waals surface area contributed by atoms with Gasteiger partial charge in [0, 0.05) is 30.3 Å². The van der Waals surface area contributed by atoms with Crippen molar-refractivity contribution in [2.45, 2.75) is 63.8 Å². The van der Waals surface area contributed by atoms with Crippen LogP contribution in [0.1, 0.15) is 68.6 Å². The number of hydrogen-bond donors (Lipinski definition) is 1. The first-order valence-electron chi connectivity index (χ1n) is 11.3. The molecule has 1 heterocycles. The number of piperidine rings is 1. The van der Waals surface area contributed by atoms with E-state index in [0.29, 0.717) is 17.2 Å². The SMILES string of the molecule is C[C@H]1CCCN(c2ccc(C(=O)NC34CC5CC(CC(C5)C3)C4)cc2[N+](=O)[O-])C1. The minimum absolute atomic E-state index is 0.0530. The Kier molecular flexibility index (Phi) is 4.56. The van der Waals surface area contributed by atoms with Crippen LogP contribution in [0.15, 0.2) is 18.2 Å². The maximum absolute atomic E-state index is 13.1. The predicted octanol–water partition coefficient (Wildman–Crippen LogP) is 4.53. The van der Waals surface area contributed by atoms with Crippen LogP contribution in [0, 0.1) is 33.8 Å². The van der Waals surface area contributed by atoms with E-state index in [4.69, 9.17) is 0 Å². The number of nitro groups is 1. The van der Waals surface area contributed by atoms with E-state index in [1.807, 2.05) is 0 Å². The lowest BCUT2D eigenvalue weighted by Gasteiger charge is -2.56. The Morgan fingerprint density at radius 3 is 2.41 bits per heavy atom. The number of carbonyl (C=O) groups is 1. The molecule has 4 saturated carbocycles. The predicted molar refractivity (Wildman–Crippen MR) is 112 cm³/mol. The van der Waals surface area contributed by atoms with Crippen molar-refractivity contribution in [3.63, 3.8) is 0 Å². The summed E-state index contributed by atoms with van der Waals surface area (Å²) in [6.45, 7) is 3.86. The van der Waals surface area contributed by atoms with Crippen molar-refractivity contribution < 1.29 is 9.72 Å². The van der Waals surface area contributed by atoms with Crippen LogP contribution in [0.25, 0.3) is 0 Å². The number of amides is 1. The second kappa shape index (κ2) is 6.99. The summed E-state index contributed by atoms with van der Waals surface area (Å²) < 4.78 is 0. The third kappa shape index (κ3) is 3.51. The third-order valence-electron chi connectivity index (χ3n) is 7.85. The molecule has 5 fully saturated rings. The Labute approximate surface area is 172 Å². The maximum atomic E-state index is 13.1. The lowest BCUT2D eigenvalue weighted by Crippen LogP contribution is -2.59. The molecule has 0 aromatic heterocycles. The Bertz CT molecular complexity index is 801. The van der Waals surface area contributed by atoms with Crippen LogP contribution in [0.5, 0.6) is 0 Å². The normalized spacial score (nSPS) is 35.6. The molecule has 29 heavy (non-hydrogen) atoms. The van der Waals surface area contributed by atoms with Crippen LogP contribution in [-0.4, -0.2) is 29.5 Å². The van der Waals surface area contributed by atoms with Crippen molar-refractivity contribution in [3.05, 3.63) is 33.9 Å². The monoisotopic (exact) mass is 397 g/mol. The molecule has 6 heteroatoms. The molecule has 0 spiro atoms. The molecule has 1 saturated heterocycles. The third-order valence-corrected chi connectivity index (χ3v) is 7.85. The molecule has 4 aliphatic carbocycles. The fraction of sp³-hybridized carbons (Fsp3) is 0.696. The van der Waals surface area contributed by atoms with Crippen LogP contribution in [0.2, 0.25) is 0 Å². The van der Waals surface area contributed by atoms with E-state index in [1.54, 1.807) is 12.1 Å². The Hall–Kier alpha value is -2.11. The maximum Gasteiger partial charge on any atom is 0.293 e. The largest absolute Gasteiger partial charge is 0.366 e. The lowest BCUT2D eigenvalue weighted by molar-refractivity contribution is -0.384. The fourth-order valence-corrected chi connectivity index (χ4v) is 7.06. The molecule has 5 aliphatic rings. The van der Waals surface area contributed by atoms with Gasteiger partial charge in [-0.2, -0.15) is 0 Å². The minimum atomic E-state index is -0.337. The Morgan fingerprint density at radius 2 is 1.83 bits per heavy atom. The van der Waals surface area contributed by atoms with E-state index in [2.05, 4.69) is 17.1 Å². The van der Waals surface area contributed by atoms with E-state index in [0.717, 1.165) is 62.9 Å². The van der Waals surface area contributed by atoms with Gasteiger partial charge in [-0.15, -0.1) is 0 Å². The van der Waals surface area contributed by atoms with E-state index in [-0.39, 0.29) is 22.1 Å². The van der Waals surface area contributed by atoms with Gasteiger partial charge in [-0.1, -0.05) is 6.92 Å². The number of rotatable bonds is 4. The molecule has 6 rings (SSSR count). The zero-order chi connectivity index (χ0) is 20.2. The first-order chi connectivity index (χ1) is 13.9. The Balaban J connectivity index is 1.37. The zero-order valence-corrected chi connectivity index (χ0v) is 17.2. The van der Waals surface area contributed by atoms with Crippen LogP contribution in [0.4, 0.5) is 11.4 Å². The summed E-state index contributed by atoms with van der Waals surface area (Å²) in [6.07, 6.45) is 9.42. The lowest BCUT2D eigenvalue weighted by atomic mass is 9.53. The quantitative estimate of drug-likeness (QED) is 0.598. The molecule has 4 bridgehead atoms. The van der Waals surface area contributed by atoms with Crippen molar-refractivity contribution in [3.8, 4) is 0 Å². The highest BCUT2D eigenvalue weighted by atomic mass is 16.6. The summed E-state index contributed by atoms with van der Waals surface area (Å²) in [5, 5.41) is 15.1. The van der Waals surface area contributed by atoms with Crippen molar-refractivity contribution >= 4 is 17.3 Å². The molecule has 1 aromatic rings. The highest BCUT2D eigenvalue weighted by molar-refractivity contribution is 5.96. The van der Waals surface area contributed by atoms with Gasteiger partial charge in [-0.25, -0.2) is 0 Å². The average Bonchev–Trinajstić information content (AvgIpc) is 2.66. The van der Waals surface area contributed by atoms with Gasteiger partial charge >= 0.3 is 0 Å².